The molecule has 0 unspecified atom stereocenters. The first-order valence-electron chi connectivity index (χ1n) is 7.04. The molecule has 0 radical (unpaired) electrons. The highest BCUT2D eigenvalue weighted by molar-refractivity contribution is 8.00. The molecule has 1 atom stereocenters. The summed E-state index contributed by atoms with van der Waals surface area (Å²) in [5.41, 5.74) is 3.30. The Morgan fingerprint density at radius 1 is 1.43 bits per heavy atom. The summed E-state index contributed by atoms with van der Waals surface area (Å²) in [6.45, 7) is 5.48. The van der Waals surface area contributed by atoms with Crippen LogP contribution in [-0.4, -0.2) is 38.1 Å². The summed E-state index contributed by atoms with van der Waals surface area (Å²) >= 11 is 1.62. The van der Waals surface area contributed by atoms with Crippen LogP contribution >= 0.6 is 11.8 Å². The SMILES string of the molecule is CCN1C(=O)CS[C@H]1c1cn(Cc2cccc(C)c2)nn1. The zero-order valence-electron chi connectivity index (χ0n) is 12.2. The summed E-state index contributed by atoms with van der Waals surface area (Å²) in [5.74, 6) is 0.712. The maximum atomic E-state index is 11.8. The molecule has 0 aliphatic carbocycles. The second-order valence-corrected chi connectivity index (χ2v) is 6.24. The minimum atomic E-state index is 0.00811. The number of rotatable bonds is 4. The highest BCUT2D eigenvalue weighted by Gasteiger charge is 2.33. The molecule has 1 saturated heterocycles. The number of thioether (sulfide) groups is 1. The largest absolute Gasteiger partial charge is 0.324 e. The highest BCUT2D eigenvalue weighted by Crippen LogP contribution is 2.37. The van der Waals surface area contributed by atoms with Crippen LogP contribution in [0.1, 0.15) is 29.1 Å². The van der Waals surface area contributed by atoms with Gasteiger partial charge in [0.2, 0.25) is 5.91 Å². The second-order valence-electron chi connectivity index (χ2n) is 5.17. The second kappa shape index (κ2) is 5.89. The predicted octanol–water partition coefficient (Wildman–Crippen LogP) is 2.23. The molecule has 5 nitrogen and oxygen atoms in total. The van der Waals surface area contributed by atoms with Gasteiger partial charge >= 0.3 is 0 Å². The molecule has 1 amide bonds. The number of hydrogen-bond acceptors (Lipinski definition) is 4. The van der Waals surface area contributed by atoms with E-state index in [0.717, 1.165) is 5.69 Å². The van der Waals surface area contributed by atoms with Gasteiger partial charge in [0, 0.05) is 6.54 Å². The van der Waals surface area contributed by atoms with Crippen LogP contribution < -0.4 is 0 Å². The van der Waals surface area contributed by atoms with Crippen molar-refractivity contribution in [2.45, 2.75) is 25.8 Å². The van der Waals surface area contributed by atoms with Crippen LogP contribution in [0.25, 0.3) is 0 Å². The van der Waals surface area contributed by atoms with Crippen LogP contribution in [0.5, 0.6) is 0 Å². The molecular weight excluding hydrogens is 284 g/mol. The number of hydrogen-bond donors (Lipinski definition) is 0. The standard InChI is InChI=1S/C15H18N4OS/c1-3-19-14(20)10-21-15(19)13-9-18(17-16-13)8-12-6-4-5-11(2)7-12/h4-7,9,15H,3,8,10H2,1-2H3/t15-/m0/s1. The molecule has 0 spiro atoms. The molecule has 1 aromatic heterocycles. The Morgan fingerprint density at radius 3 is 3.05 bits per heavy atom. The van der Waals surface area contributed by atoms with Crippen molar-refractivity contribution in [3.05, 3.63) is 47.3 Å². The van der Waals surface area contributed by atoms with Gasteiger partial charge in [-0.25, -0.2) is 4.68 Å². The minimum Gasteiger partial charge on any atom is -0.324 e. The maximum Gasteiger partial charge on any atom is 0.233 e. The molecule has 1 aliphatic heterocycles. The van der Waals surface area contributed by atoms with Crippen LogP contribution in [0.4, 0.5) is 0 Å². The Kier molecular flexibility index (Phi) is 3.96. The van der Waals surface area contributed by atoms with Gasteiger partial charge in [0.1, 0.15) is 11.1 Å². The number of carbonyl (C=O) groups is 1. The molecule has 3 rings (SSSR count). The van der Waals surface area contributed by atoms with E-state index in [9.17, 15) is 4.79 Å². The lowest BCUT2D eigenvalue weighted by Crippen LogP contribution is -2.27. The van der Waals surface area contributed by atoms with E-state index in [0.29, 0.717) is 18.8 Å². The van der Waals surface area contributed by atoms with E-state index in [1.807, 2.05) is 28.8 Å². The first-order chi connectivity index (χ1) is 10.2. The van der Waals surface area contributed by atoms with Gasteiger partial charge in [-0.1, -0.05) is 35.0 Å². The molecule has 1 fully saturated rings. The third kappa shape index (κ3) is 2.95. The van der Waals surface area contributed by atoms with Crippen molar-refractivity contribution >= 4 is 17.7 Å². The lowest BCUT2D eigenvalue weighted by atomic mass is 10.1. The van der Waals surface area contributed by atoms with Gasteiger partial charge in [-0.3, -0.25) is 4.79 Å². The molecule has 0 saturated carbocycles. The molecule has 110 valence electrons. The maximum absolute atomic E-state index is 11.8. The fourth-order valence-electron chi connectivity index (χ4n) is 2.54. The Labute approximate surface area is 128 Å². The van der Waals surface area contributed by atoms with Crippen molar-refractivity contribution in [2.24, 2.45) is 0 Å². The zero-order chi connectivity index (χ0) is 14.8. The van der Waals surface area contributed by atoms with Gasteiger partial charge in [-0.15, -0.1) is 16.9 Å². The minimum absolute atomic E-state index is 0.00811. The molecule has 2 aromatic rings. The lowest BCUT2D eigenvalue weighted by molar-refractivity contribution is -0.127. The van der Waals surface area contributed by atoms with Crippen LogP contribution in [0.2, 0.25) is 0 Å². The Hall–Kier alpha value is -1.82. The fraction of sp³-hybridized carbons (Fsp3) is 0.400. The normalized spacial score (nSPS) is 18.5. The van der Waals surface area contributed by atoms with Gasteiger partial charge in [-0.05, 0) is 19.4 Å². The molecule has 0 N–H and O–H groups in total. The van der Waals surface area contributed by atoms with Crippen molar-refractivity contribution in [2.75, 3.05) is 12.3 Å². The van der Waals surface area contributed by atoms with E-state index in [1.165, 1.54) is 11.1 Å². The van der Waals surface area contributed by atoms with Gasteiger partial charge in [0.15, 0.2) is 0 Å². The van der Waals surface area contributed by atoms with Crippen LogP contribution in [0, 0.1) is 6.92 Å². The van der Waals surface area contributed by atoms with Crippen molar-refractivity contribution in [1.82, 2.24) is 19.9 Å². The number of nitrogens with zero attached hydrogens (tertiary/aromatic N) is 4. The quantitative estimate of drug-likeness (QED) is 0.869. The number of aromatic nitrogens is 3. The molecule has 2 heterocycles. The Bertz CT molecular complexity index is 655. The summed E-state index contributed by atoms with van der Waals surface area (Å²) < 4.78 is 1.83. The summed E-state index contributed by atoms with van der Waals surface area (Å²) in [6, 6.07) is 8.36. The van der Waals surface area contributed by atoms with E-state index in [4.69, 9.17) is 0 Å². The molecule has 0 bridgehead atoms. The van der Waals surface area contributed by atoms with Crippen molar-refractivity contribution < 1.29 is 4.79 Å². The van der Waals surface area contributed by atoms with E-state index in [2.05, 4.69) is 35.4 Å². The molecule has 1 aromatic carbocycles. The van der Waals surface area contributed by atoms with E-state index >= 15 is 0 Å². The van der Waals surface area contributed by atoms with E-state index in [-0.39, 0.29) is 11.3 Å². The van der Waals surface area contributed by atoms with Gasteiger partial charge in [0.25, 0.3) is 0 Å². The van der Waals surface area contributed by atoms with Crippen LogP contribution in [-0.2, 0) is 11.3 Å². The highest BCUT2D eigenvalue weighted by atomic mass is 32.2. The van der Waals surface area contributed by atoms with E-state index in [1.54, 1.807) is 11.8 Å². The number of amides is 1. The number of aryl methyl sites for hydroxylation is 1. The first-order valence-corrected chi connectivity index (χ1v) is 8.09. The van der Waals surface area contributed by atoms with Crippen LogP contribution in [0.3, 0.4) is 0 Å². The van der Waals surface area contributed by atoms with Crippen molar-refractivity contribution in [3.63, 3.8) is 0 Å². The topological polar surface area (TPSA) is 51.0 Å². The summed E-state index contributed by atoms with van der Waals surface area (Å²) in [5, 5.41) is 8.45. The molecule has 21 heavy (non-hydrogen) atoms. The monoisotopic (exact) mass is 302 g/mol. The predicted molar refractivity (Wildman–Crippen MR) is 82.9 cm³/mol. The zero-order valence-corrected chi connectivity index (χ0v) is 13.0. The third-order valence-electron chi connectivity index (χ3n) is 3.55. The summed E-state index contributed by atoms with van der Waals surface area (Å²) in [6.07, 6.45) is 1.95. The van der Waals surface area contributed by atoms with Gasteiger partial charge in [0.05, 0.1) is 18.5 Å². The summed E-state index contributed by atoms with van der Waals surface area (Å²) in [7, 11) is 0. The first kappa shape index (κ1) is 14.1. The van der Waals surface area contributed by atoms with Gasteiger partial charge < -0.3 is 4.90 Å². The van der Waals surface area contributed by atoms with Crippen molar-refractivity contribution in [3.8, 4) is 0 Å². The van der Waals surface area contributed by atoms with Crippen molar-refractivity contribution in [1.29, 1.82) is 0 Å². The Morgan fingerprint density at radius 2 is 2.29 bits per heavy atom. The molecular formula is C15H18N4OS. The fourth-order valence-corrected chi connectivity index (χ4v) is 3.73. The average Bonchev–Trinajstić information content (AvgIpc) is 3.05. The van der Waals surface area contributed by atoms with Gasteiger partial charge in [-0.2, -0.15) is 0 Å². The lowest BCUT2D eigenvalue weighted by Gasteiger charge is -2.19. The average molecular weight is 302 g/mol. The molecule has 1 aliphatic rings. The number of carbonyl (C=O) groups excluding carboxylic acids is 1. The molecule has 6 heteroatoms. The Balaban J connectivity index is 1.76. The van der Waals surface area contributed by atoms with E-state index < -0.39 is 0 Å². The third-order valence-corrected chi connectivity index (χ3v) is 4.77. The van der Waals surface area contributed by atoms with Crippen LogP contribution in [0.15, 0.2) is 30.5 Å². The summed E-state index contributed by atoms with van der Waals surface area (Å²) in [4.78, 5) is 13.6. The smallest absolute Gasteiger partial charge is 0.233 e. The number of benzene rings is 1.